The Morgan fingerprint density at radius 3 is 2.29 bits per heavy atom. The van der Waals surface area contributed by atoms with E-state index in [4.69, 9.17) is 0 Å². The van der Waals surface area contributed by atoms with Gasteiger partial charge in [0.2, 0.25) is 0 Å². The summed E-state index contributed by atoms with van der Waals surface area (Å²) in [6.07, 6.45) is 7.44. The summed E-state index contributed by atoms with van der Waals surface area (Å²) in [4.78, 5) is 0. The van der Waals surface area contributed by atoms with Gasteiger partial charge in [0.05, 0.1) is 0 Å². The quantitative estimate of drug-likeness (QED) is 0.644. The molecule has 21 heavy (non-hydrogen) atoms. The molecule has 0 heterocycles. The van der Waals surface area contributed by atoms with E-state index < -0.39 is 0 Å². The van der Waals surface area contributed by atoms with Crippen molar-refractivity contribution in [2.24, 2.45) is 5.41 Å². The Bertz CT molecular complexity index is 538. The second kappa shape index (κ2) is 6.78. The number of allylic oxidation sites excluding steroid dienone is 4. The molecule has 0 radical (unpaired) electrons. The average Bonchev–Trinajstić information content (AvgIpc) is 2.89. The first-order chi connectivity index (χ1) is 9.97. The van der Waals surface area contributed by atoms with E-state index in [1.165, 1.54) is 42.4 Å². The molecular formula is C20H30Si. The molecule has 1 aromatic carbocycles. The molecule has 0 N–H and O–H groups in total. The molecule has 114 valence electrons. The van der Waals surface area contributed by atoms with Crippen LogP contribution >= 0.6 is 0 Å². The Morgan fingerprint density at radius 1 is 1.10 bits per heavy atom. The normalized spacial score (nSPS) is 16.1. The van der Waals surface area contributed by atoms with E-state index >= 15 is 0 Å². The van der Waals surface area contributed by atoms with Crippen LogP contribution in [0.15, 0.2) is 41.1 Å². The summed E-state index contributed by atoms with van der Waals surface area (Å²) < 4.78 is 0. The molecule has 0 nitrogen and oxygen atoms in total. The van der Waals surface area contributed by atoms with Crippen LogP contribution < -0.4 is 0 Å². The predicted octanol–water partition coefficient (Wildman–Crippen LogP) is 5.33. The molecule has 1 aromatic rings. The maximum absolute atomic E-state index is 2.47. The molecule has 0 unspecified atom stereocenters. The van der Waals surface area contributed by atoms with Gasteiger partial charge in [0.1, 0.15) is 0 Å². The van der Waals surface area contributed by atoms with Gasteiger partial charge in [-0.05, 0) is 47.0 Å². The number of rotatable bonds is 5. The molecule has 2 rings (SSSR count). The van der Waals surface area contributed by atoms with Gasteiger partial charge in [-0.25, -0.2) is 0 Å². The van der Waals surface area contributed by atoms with E-state index in [1.54, 1.807) is 10.8 Å². The summed E-state index contributed by atoms with van der Waals surface area (Å²) in [5.41, 5.74) is 6.30. The molecule has 0 fully saturated rings. The summed E-state index contributed by atoms with van der Waals surface area (Å²) in [6.45, 7) is 11.8. The molecule has 0 aliphatic heterocycles. The van der Waals surface area contributed by atoms with Gasteiger partial charge in [-0.2, -0.15) is 0 Å². The van der Waals surface area contributed by atoms with Crippen molar-refractivity contribution in [3.63, 3.8) is 0 Å². The first-order valence-electron chi connectivity index (χ1n) is 8.49. The molecule has 1 aliphatic rings. The van der Waals surface area contributed by atoms with Crippen LogP contribution in [0, 0.1) is 5.41 Å². The molecule has 0 saturated carbocycles. The molecule has 1 aliphatic carbocycles. The highest BCUT2D eigenvalue weighted by atomic mass is 28.2. The standard InChI is InChI=1S/C20H30Si/c1-6-7-8-15-9-11-16(12-10-15)17-13-14-18(21-5)19(17)20(2,3)4/h9-13H,6-8,14,21H2,1-5H3. The third-order valence-electron chi connectivity index (χ3n) is 4.44. The first-order valence-corrected chi connectivity index (χ1v) is 10.6. The van der Waals surface area contributed by atoms with Crippen LogP contribution in [0.25, 0.3) is 5.57 Å². The van der Waals surface area contributed by atoms with Crippen LogP contribution in [0.5, 0.6) is 0 Å². The van der Waals surface area contributed by atoms with Crippen molar-refractivity contribution in [1.82, 2.24) is 0 Å². The Balaban J connectivity index is 2.27. The molecule has 0 aromatic heterocycles. The van der Waals surface area contributed by atoms with Gasteiger partial charge in [-0.3, -0.25) is 0 Å². The zero-order chi connectivity index (χ0) is 15.5. The molecule has 0 amide bonds. The van der Waals surface area contributed by atoms with Crippen molar-refractivity contribution < 1.29 is 0 Å². The summed E-state index contributed by atoms with van der Waals surface area (Å²) in [5, 5.41) is 1.76. The number of hydrogen-bond acceptors (Lipinski definition) is 0. The van der Waals surface area contributed by atoms with Crippen molar-refractivity contribution in [2.45, 2.75) is 59.9 Å². The second-order valence-corrected chi connectivity index (χ2v) is 8.77. The highest BCUT2D eigenvalue weighted by molar-refractivity contribution is 6.45. The van der Waals surface area contributed by atoms with E-state index in [-0.39, 0.29) is 14.9 Å². The molecule has 0 spiro atoms. The number of benzene rings is 1. The zero-order valence-electron chi connectivity index (χ0n) is 14.4. The fraction of sp³-hybridized carbons (Fsp3) is 0.500. The summed E-state index contributed by atoms with van der Waals surface area (Å²) in [7, 11) is -0.0651. The molecular weight excluding hydrogens is 268 g/mol. The Morgan fingerprint density at radius 2 is 1.76 bits per heavy atom. The van der Waals surface area contributed by atoms with Crippen LogP contribution in [0.2, 0.25) is 6.55 Å². The summed E-state index contributed by atoms with van der Waals surface area (Å²) >= 11 is 0. The maximum atomic E-state index is 2.47. The lowest BCUT2D eigenvalue weighted by Crippen LogP contribution is -2.13. The third-order valence-corrected chi connectivity index (χ3v) is 5.93. The monoisotopic (exact) mass is 298 g/mol. The molecule has 0 saturated heterocycles. The van der Waals surface area contributed by atoms with Crippen LogP contribution in [-0.2, 0) is 6.42 Å². The van der Waals surface area contributed by atoms with Crippen LogP contribution in [0.3, 0.4) is 0 Å². The minimum absolute atomic E-state index is 0.0651. The fourth-order valence-corrected chi connectivity index (χ4v) is 4.88. The second-order valence-electron chi connectivity index (χ2n) is 7.20. The van der Waals surface area contributed by atoms with Crippen LogP contribution in [0.1, 0.15) is 58.1 Å². The maximum Gasteiger partial charge on any atom is 0.0473 e. The van der Waals surface area contributed by atoms with Crippen LogP contribution in [0.4, 0.5) is 0 Å². The minimum Gasteiger partial charge on any atom is -0.0802 e. The van der Waals surface area contributed by atoms with Crippen molar-refractivity contribution in [3.8, 4) is 0 Å². The van der Waals surface area contributed by atoms with Crippen molar-refractivity contribution in [2.75, 3.05) is 0 Å². The highest BCUT2D eigenvalue weighted by Gasteiger charge is 2.27. The van der Waals surface area contributed by atoms with E-state index in [9.17, 15) is 0 Å². The highest BCUT2D eigenvalue weighted by Crippen LogP contribution is 2.43. The number of aryl methyl sites for hydroxylation is 1. The van der Waals surface area contributed by atoms with Gasteiger partial charge < -0.3 is 0 Å². The van der Waals surface area contributed by atoms with E-state index in [2.05, 4.69) is 64.6 Å². The SMILES string of the molecule is CCCCc1ccc(C2=CCC([SiH2]C)=C2C(C)(C)C)cc1. The molecule has 0 bridgehead atoms. The van der Waals surface area contributed by atoms with Crippen LogP contribution in [-0.4, -0.2) is 9.52 Å². The van der Waals surface area contributed by atoms with E-state index in [0.717, 1.165) is 0 Å². The lowest BCUT2D eigenvalue weighted by Gasteiger charge is -2.26. The smallest absolute Gasteiger partial charge is 0.0473 e. The van der Waals surface area contributed by atoms with Gasteiger partial charge in [0.25, 0.3) is 0 Å². The fourth-order valence-electron chi connectivity index (χ4n) is 3.37. The topological polar surface area (TPSA) is 0 Å². The van der Waals surface area contributed by atoms with Gasteiger partial charge in [0.15, 0.2) is 0 Å². The lowest BCUT2D eigenvalue weighted by molar-refractivity contribution is 0.520. The van der Waals surface area contributed by atoms with Crippen molar-refractivity contribution >= 4 is 15.1 Å². The summed E-state index contributed by atoms with van der Waals surface area (Å²) in [6, 6.07) is 9.33. The average molecular weight is 299 g/mol. The Labute approximate surface area is 133 Å². The lowest BCUT2D eigenvalue weighted by atomic mass is 9.81. The van der Waals surface area contributed by atoms with Crippen molar-refractivity contribution in [3.05, 3.63) is 52.2 Å². The van der Waals surface area contributed by atoms with E-state index in [0.29, 0.717) is 0 Å². The van der Waals surface area contributed by atoms with Gasteiger partial charge in [0, 0.05) is 9.52 Å². The van der Waals surface area contributed by atoms with Gasteiger partial charge in [-0.15, -0.1) is 0 Å². The largest absolute Gasteiger partial charge is 0.0802 e. The molecule has 1 heteroatoms. The minimum atomic E-state index is -0.0651. The van der Waals surface area contributed by atoms with E-state index in [1.807, 2.05) is 0 Å². The molecule has 0 atom stereocenters. The predicted molar refractivity (Wildman–Crippen MR) is 98.5 cm³/mol. The van der Waals surface area contributed by atoms with Crippen molar-refractivity contribution in [1.29, 1.82) is 0 Å². The first kappa shape index (κ1) is 16.3. The zero-order valence-corrected chi connectivity index (χ0v) is 15.8. The Kier molecular flexibility index (Phi) is 5.26. The number of unbranched alkanes of at least 4 members (excludes halogenated alkanes) is 1. The number of hydrogen-bond donors (Lipinski definition) is 0. The van der Waals surface area contributed by atoms with Gasteiger partial charge >= 0.3 is 0 Å². The van der Waals surface area contributed by atoms with Gasteiger partial charge in [-0.1, -0.05) is 76.2 Å². The Hall–Kier alpha value is -1.08. The summed E-state index contributed by atoms with van der Waals surface area (Å²) in [5.74, 6) is 0. The third kappa shape index (κ3) is 3.77.